The van der Waals surface area contributed by atoms with E-state index in [2.05, 4.69) is 13.8 Å². The zero-order chi connectivity index (χ0) is 15.0. The highest BCUT2D eigenvalue weighted by Gasteiger charge is 2.18. The van der Waals surface area contributed by atoms with Crippen LogP contribution in [0.2, 0.25) is 5.02 Å². The molecule has 0 bridgehead atoms. The standard InChI is InChI=1S/C17H28ClNO/c1-4-6-7-14(5-2)12-20-17(13(3)19)15-8-10-16(18)11-9-15/h8-11,13-14,17H,4-7,12,19H2,1-3H3. The Morgan fingerprint density at radius 3 is 2.35 bits per heavy atom. The summed E-state index contributed by atoms with van der Waals surface area (Å²) in [6.45, 7) is 7.23. The first-order chi connectivity index (χ1) is 9.58. The van der Waals surface area contributed by atoms with Crippen LogP contribution in [0.1, 0.15) is 58.1 Å². The van der Waals surface area contributed by atoms with Crippen molar-refractivity contribution in [3.8, 4) is 0 Å². The number of rotatable bonds is 9. The van der Waals surface area contributed by atoms with Crippen molar-refractivity contribution >= 4 is 11.6 Å². The molecule has 0 spiro atoms. The number of hydrogen-bond donors (Lipinski definition) is 1. The molecule has 1 aromatic rings. The molecule has 3 heteroatoms. The highest BCUT2D eigenvalue weighted by Crippen LogP contribution is 2.24. The molecule has 0 fully saturated rings. The van der Waals surface area contributed by atoms with Gasteiger partial charge in [0.2, 0.25) is 0 Å². The largest absolute Gasteiger partial charge is 0.372 e. The Morgan fingerprint density at radius 2 is 1.85 bits per heavy atom. The van der Waals surface area contributed by atoms with Gasteiger partial charge in [0, 0.05) is 11.1 Å². The van der Waals surface area contributed by atoms with Crippen LogP contribution in [-0.2, 0) is 4.74 Å². The van der Waals surface area contributed by atoms with Crippen LogP contribution >= 0.6 is 11.6 Å². The lowest BCUT2D eigenvalue weighted by Gasteiger charge is -2.25. The second-order valence-electron chi connectivity index (χ2n) is 5.58. The molecular formula is C17H28ClNO. The molecule has 0 amide bonds. The number of halogens is 1. The minimum absolute atomic E-state index is 0.0279. The van der Waals surface area contributed by atoms with E-state index in [0.717, 1.165) is 23.6 Å². The molecule has 1 aromatic carbocycles. The summed E-state index contributed by atoms with van der Waals surface area (Å²) < 4.78 is 6.11. The van der Waals surface area contributed by atoms with Crippen LogP contribution in [0.3, 0.4) is 0 Å². The van der Waals surface area contributed by atoms with Gasteiger partial charge in [0.05, 0.1) is 12.7 Å². The van der Waals surface area contributed by atoms with Crippen molar-refractivity contribution in [3.05, 3.63) is 34.9 Å². The maximum atomic E-state index is 6.11. The molecule has 0 saturated carbocycles. The van der Waals surface area contributed by atoms with Crippen LogP contribution in [0.15, 0.2) is 24.3 Å². The van der Waals surface area contributed by atoms with E-state index in [1.165, 1.54) is 19.3 Å². The lowest BCUT2D eigenvalue weighted by Crippen LogP contribution is -2.28. The Balaban J connectivity index is 2.61. The van der Waals surface area contributed by atoms with Crippen LogP contribution < -0.4 is 5.73 Å². The van der Waals surface area contributed by atoms with E-state index in [4.69, 9.17) is 22.1 Å². The SMILES string of the molecule is CCCCC(CC)COC(c1ccc(Cl)cc1)C(C)N. The van der Waals surface area contributed by atoms with Crippen molar-refractivity contribution in [1.29, 1.82) is 0 Å². The zero-order valence-corrected chi connectivity index (χ0v) is 13.7. The molecule has 0 heterocycles. The van der Waals surface area contributed by atoms with Gasteiger partial charge in [-0.25, -0.2) is 0 Å². The highest BCUT2D eigenvalue weighted by molar-refractivity contribution is 6.30. The Kier molecular flexibility index (Phi) is 8.20. The lowest BCUT2D eigenvalue weighted by molar-refractivity contribution is 0.0127. The number of ether oxygens (including phenoxy) is 1. The number of benzene rings is 1. The predicted molar refractivity (Wildman–Crippen MR) is 87.1 cm³/mol. The van der Waals surface area contributed by atoms with Gasteiger partial charge in [-0.05, 0) is 37.0 Å². The molecule has 3 unspecified atom stereocenters. The molecule has 0 saturated heterocycles. The van der Waals surface area contributed by atoms with E-state index in [-0.39, 0.29) is 12.1 Å². The number of unbranched alkanes of at least 4 members (excludes halogenated alkanes) is 1. The molecule has 0 radical (unpaired) electrons. The van der Waals surface area contributed by atoms with Crippen molar-refractivity contribution in [2.45, 2.75) is 58.6 Å². The van der Waals surface area contributed by atoms with Gasteiger partial charge in [-0.2, -0.15) is 0 Å². The van der Waals surface area contributed by atoms with Gasteiger partial charge in [0.25, 0.3) is 0 Å². The van der Waals surface area contributed by atoms with Crippen molar-refractivity contribution in [2.24, 2.45) is 11.7 Å². The molecule has 3 atom stereocenters. The fourth-order valence-electron chi connectivity index (χ4n) is 2.34. The van der Waals surface area contributed by atoms with Gasteiger partial charge in [-0.1, -0.05) is 56.8 Å². The van der Waals surface area contributed by atoms with Gasteiger partial charge < -0.3 is 10.5 Å². The van der Waals surface area contributed by atoms with E-state index >= 15 is 0 Å². The summed E-state index contributed by atoms with van der Waals surface area (Å²) in [5, 5.41) is 0.742. The topological polar surface area (TPSA) is 35.2 Å². The van der Waals surface area contributed by atoms with Gasteiger partial charge in [-0.3, -0.25) is 0 Å². The van der Waals surface area contributed by atoms with Crippen LogP contribution in [-0.4, -0.2) is 12.6 Å². The second-order valence-corrected chi connectivity index (χ2v) is 6.02. The van der Waals surface area contributed by atoms with Crippen molar-refractivity contribution < 1.29 is 4.74 Å². The lowest BCUT2D eigenvalue weighted by atomic mass is 9.99. The third-order valence-corrected chi connectivity index (χ3v) is 3.98. The molecule has 2 nitrogen and oxygen atoms in total. The Labute approximate surface area is 128 Å². The van der Waals surface area contributed by atoms with Crippen molar-refractivity contribution in [2.75, 3.05) is 6.61 Å². The smallest absolute Gasteiger partial charge is 0.0973 e. The molecular weight excluding hydrogens is 270 g/mol. The number of hydrogen-bond acceptors (Lipinski definition) is 2. The van der Waals surface area contributed by atoms with E-state index in [9.17, 15) is 0 Å². The summed E-state index contributed by atoms with van der Waals surface area (Å²) >= 11 is 5.93. The molecule has 114 valence electrons. The van der Waals surface area contributed by atoms with Gasteiger partial charge in [0.15, 0.2) is 0 Å². The van der Waals surface area contributed by atoms with Crippen LogP contribution in [0.25, 0.3) is 0 Å². The third kappa shape index (κ3) is 5.82. The fraction of sp³-hybridized carbons (Fsp3) is 0.647. The molecule has 2 N–H and O–H groups in total. The van der Waals surface area contributed by atoms with Gasteiger partial charge >= 0.3 is 0 Å². The molecule has 0 aliphatic rings. The van der Waals surface area contributed by atoms with E-state index in [0.29, 0.717) is 5.92 Å². The molecule has 1 rings (SSSR count). The maximum absolute atomic E-state index is 6.11. The fourth-order valence-corrected chi connectivity index (χ4v) is 2.47. The third-order valence-electron chi connectivity index (χ3n) is 3.73. The first kappa shape index (κ1) is 17.5. The first-order valence-corrected chi connectivity index (χ1v) is 8.08. The summed E-state index contributed by atoms with van der Waals surface area (Å²) in [6.07, 6.45) is 4.85. The highest BCUT2D eigenvalue weighted by atomic mass is 35.5. The predicted octanol–water partition coefficient (Wildman–Crippen LogP) is 4.96. The molecule has 0 aliphatic heterocycles. The number of nitrogens with two attached hydrogens (primary N) is 1. The molecule has 0 aliphatic carbocycles. The summed E-state index contributed by atoms with van der Waals surface area (Å²) in [6, 6.07) is 7.76. The van der Waals surface area contributed by atoms with Crippen LogP contribution in [0, 0.1) is 5.92 Å². The average Bonchev–Trinajstić information content (AvgIpc) is 2.44. The van der Waals surface area contributed by atoms with E-state index in [1.807, 2.05) is 31.2 Å². The summed E-state index contributed by atoms with van der Waals surface area (Å²) in [7, 11) is 0. The van der Waals surface area contributed by atoms with Crippen molar-refractivity contribution in [3.63, 3.8) is 0 Å². The quantitative estimate of drug-likeness (QED) is 0.699. The summed E-state index contributed by atoms with van der Waals surface area (Å²) in [5.74, 6) is 0.628. The average molecular weight is 298 g/mol. The van der Waals surface area contributed by atoms with E-state index < -0.39 is 0 Å². The zero-order valence-electron chi connectivity index (χ0n) is 12.9. The van der Waals surface area contributed by atoms with Crippen LogP contribution in [0.4, 0.5) is 0 Å². The minimum Gasteiger partial charge on any atom is -0.372 e. The Morgan fingerprint density at radius 1 is 1.20 bits per heavy atom. The van der Waals surface area contributed by atoms with Crippen molar-refractivity contribution in [1.82, 2.24) is 0 Å². The van der Waals surface area contributed by atoms with Gasteiger partial charge in [0.1, 0.15) is 0 Å². The van der Waals surface area contributed by atoms with E-state index in [1.54, 1.807) is 0 Å². The molecule has 0 aromatic heterocycles. The monoisotopic (exact) mass is 297 g/mol. The Hall–Kier alpha value is -0.570. The first-order valence-electron chi connectivity index (χ1n) is 7.71. The van der Waals surface area contributed by atoms with Gasteiger partial charge in [-0.15, -0.1) is 0 Å². The summed E-state index contributed by atoms with van der Waals surface area (Å²) in [5.41, 5.74) is 7.18. The maximum Gasteiger partial charge on any atom is 0.0973 e. The molecule has 20 heavy (non-hydrogen) atoms. The normalized spacial score (nSPS) is 15.8. The minimum atomic E-state index is -0.0528. The summed E-state index contributed by atoms with van der Waals surface area (Å²) in [4.78, 5) is 0. The Bertz CT molecular complexity index is 364. The van der Waals surface area contributed by atoms with Crippen LogP contribution in [0.5, 0.6) is 0 Å². The second kappa shape index (κ2) is 9.38.